The van der Waals surface area contributed by atoms with E-state index < -0.39 is 18.1 Å². The van der Waals surface area contributed by atoms with Crippen molar-refractivity contribution in [3.63, 3.8) is 0 Å². The summed E-state index contributed by atoms with van der Waals surface area (Å²) < 4.78 is 6.37. The Balaban J connectivity index is 2.18. The van der Waals surface area contributed by atoms with Gasteiger partial charge in [-0.05, 0) is 22.9 Å². The average molecular weight is 271 g/mol. The Hall–Kier alpha value is -2.75. The van der Waals surface area contributed by atoms with Crippen molar-refractivity contribution >= 4 is 5.97 Å². The molecule has 0 saturated carbocycles. The van der Waals surface area contributed by atoms with Crippen LogP contribution < -0.4 is 0 Å². The van der Waals surface area contributed by atoms with Gasteiger partial charge >= 0.3 is 5.97 Å². The molecule has 0 radical (unpaired) electrons. The van der Waals surface area contributed by atoms with Gasteiger partial charge in [0, 0.05) is 6.42 Å². The first-order valence-electron chi connectivity index (χ1n) is 6.07. The summed E-state index contributed by atoms with van der Waals surface area (Å²) in [6, 6.07) is 10.6. The van der Waals surface area contributed by atoms with Crippen LogP contribution in [0.5, 0.6) is 0 Å². The van der Waals surface area contributed by atoms with Crippen molar-refractivity contribution in [3.05, 3.63) is 42.2 Å². The number of aromatic nitrogens is 4. The molecule has 0 bridgehead atoms. The summed E-state index contributed by atoms with van der Waals surface area (Å²) in [7, 11) is 0. The highest BCUT2D eigenvalue weighted by Crippen LogP contribution is 2.15. The average Bonchev–Trinajstić information content (AvgIpc) is 2.99. The van der Waals surface area contributed by atoms with E-state index in [0.29, 0.717) is 6.42 Å². The molecule has 0 aliphatic carbocycles. The Bertz CT molecular complexity index is 591. The zero-order valence-corrected chi connectivity index (χ0v) is 10.9. The van der Waals surface area contributed by atoms with Crippen LogP contribution in [0.1, 0.15) is 18.5 Å². The molecule has 0 fully saturated rings. The first kappa shape index (κ1) is 13.7. The molecule has 0 unspecified atom stereocenters. The maximum atomic E-state index is 12.1. The standard InChI is InChI=1S/C13H13N5O2/c1-10(8-14)20-13(19)12(18-9-15-16-17-18)7-11-5-3-2-4-6-11/h2-6,9-10,12H,7H2,1H3/t10-,12-/m0/s1. The fourth-order valence-electron chi connectivity index (χ4n) is 1.71. The van der Waals surface area contributed by atoms with Gasteiger partial charge in [-0.3, -0.25) is 0 Å². The molecule has 7 nitrogen and oxygen atoms in total. The van der Waals surface area contributed by atoms with E-state index in [0.717, 1.165) is 5.56 Å². The van der Waals surface area contributed by atoms with Crippen molar-refractivity contribution in [1.82, 2.24) is 20.2 Å². The minimum Gasteiger partial charge on any atom is -0.446 e. The predicted octanol–water partition coefficient (Wildman–Crippen LogP) is 0.912. The third-order valence-electron chi connectivity index (χ3n) is 2.70. The fourth-order valence-corrected chi connectivity index (χ4v) is 1.71. The van der Waals surface area contributed by atoms with E-state index >= 15 is 0 Å². The van der Waals surface area contributed by atoms with Gasteiger partial charge < -0.3 is 4.74 Å². The SMILES string of the molecule is C[C@@H](C#N)OC(=O)[C@H](Cc1ccccc1)n1cnnn1. The zero-order valence-electron chi connectivity index (χ0n) is 10.9. The first-order chi connectivity index (χ1) is 9.70. The molecule has 2 rings (SSSR count). The molecule has 0 aliphatic heterocycles. The smallest absolute Gasteiger partial charge is 0.332 e. The van der Waals surface area contributed by atoms with Gasteiger partial charge in [0.2, 0.25) is 0 Å². The molecule has 20 heavy (non-hydrogen) atoms. The summed E-state index contributed by atoms with van der Waals surface area (Å²) in [5, 5.41) is 19.5. The van der Waals surface area contributed by atoms with Crippen molar-refractivity contribution in [2.24, 2.45) is 0 Å². The lowest BCUT2D eigenvalue weighted by atomic mass is 10.1. The van der Waals surface area contributed by atoms with Gasteiger partial charge in [-0.25, -0.2) is 9.48 Å². The topological polar surface area (TPSA) is 93.7 Å². The first-order valence-corrected chi connectivity index (χ1v) is 6.07. The lowest BCUT2D eigenvalue weighted by Gasteiger charge is -2.16. The number of tetrazole rings is 1. The lowest BCUT2D eigenvalue weighted by Crippen LogP contribution is -2.27. The monoisotopic (exact) mass is 271 g/mol. The summed E-state index contributed by atoms with van der Waals surface area (Å²) in [4.78, 5) is 12.1. The number of nitrogens with zero attached hydrogens (tertiary/aromatic N) is 5. The number of carbonyl (C=O) groups excluding carboxylic acids is 1. The van der Waals surface area contributed by atoms with Crippen molar-refractivity contribution < 1.29 is 9.53 Å². The van der Waals surface area contributed by atoms with Crippen molar-refractivity contribution in [2.75, 3.05) is 0 Å². The largest absolute Gasteiger partial charge is 0.446 e. The Labute approximate surface area is 115 Å². The minimum atomic E-state index is -0.808. The molecule has 102 valence electrons. The molecule has 0 aliphatic rings. The minimum absolute atomic E-state index is 0.392. The van der Waals surface area contributed by atoms with Gasteiger partial charge in [0.25, 0.3) is 0 Å². The van der Waals surface area contributed by atoms with Crippen LogP contribution in [0.2, 0.25) is 0 Å². The summed E-state index contributed by atoms with van der Waals surface area (Å²) >= 11 is 0. The summed E-state index contributed by atoms with van der Waals surface area (Å²) in [5.74, 6) is -0.532. The third kappa shape index (κ3) is 3.38. The van der Waals surface area contributed by atoms with Crippen LogP contribution >= 0.6 is 0 Å². The van der Waals surface area contributed by atoms with Crippen LogP contribution in [0.25, 0.3) is 0 Å². The van der Waals surface area contributed by atoms with E-state index in [1.807, 2.05) is 36.4 Å². The Morgan fingerprint density at radius 2 is 2.20 bits per heavy atom. The number of hydrogen-bond donors (Lipinski definition) is 0. The van der Waals surface area contributed by atoms with Gasteiger partial charge in [-0.15, -0.1) is 5.10 Å². The molecule has 0 spiro atoms. The van der Waals surface area contributed by atoms with Gasteiger partial charge in [-0.1, -0.05) is 30.3 Å². The predicted molar refractivity (Wildman–Crippen MR) is 68.2 cm³/mol. The van der Waals surface area contributed by atoms with E-state index in [4.69, 9.17) is 10.00 Å². The van der Waals surface area contributed by atoms with Crippen molar-refractivity contribution in [3.8, 4) is 6.07 Å². The zero-order chi connectivity index (χ0) is 14.4. The van der Waals surface area contributed by atoms with Crippen LogP contribution in [0, 0.1) is 11.3 Å². The molecule has 7 heteroatoms. The Morgan fingerprint density at radius 3 is 2.80 bits per heavy atom. The normalized spacial score (nSPS) is 13.2. The molecule has 2 atom stereocenters. The second-order valence-electron chi connectivity index (χ2n) is 4.20. The number of carbonyl (C=O) groups is 1. The number of ether oxygens (including phenoxy) is 1. The van der Waals surface area contributed by atoms with E-state index in [1.165, 1.54) is 17.9 Å². The Kier molecular flexibility index (Phi) is 4.39. The Morgan fingerprint density at radius 1 is 1.45 bits per heavy atom. The van der Waals surface area contributed by atoms with Crippen LogP contribution in [-0.2, 0) is 16.0 Å². The molecule has 0 saturated heterocycles. The van der Waals surface area contributed by atoms with Gasteiger partial charge in [0.1, 0.15) is 12.4 Å². The third-order valence-corrected chi connectivity index (χ3v) is 2.70. The molecule has 2 aromatic rings. The highest BCUT2D eigenvalue weighted by molar-refractivity contribution is 5.74. The van der Waals surface area contributed by atoms with Gasteiger partial charge in [-0.2, -0.15) is 5.26 Å². The quantitative estimate of drug-likeness (QED) is 0.750. The van der Waals surface area contributed by atoms with Gasteiger partial charge in [0.05, 0.1) is 0 Å². The number of nitriles is 1. The van der Waals surface area contributed by atoms with Crippen LogP contribution in [0.3, 0.4) is 0 Å². The van der Waals surface area contributed by atoms with Crippen molar-refractivity contribution in [2.45, 2.75) is 25.5 Å². The summed E-state index contributed by atoms with van der Waals surface area (Å²) in [5.41, 5.74) is 0.953. The number of esters is 1. The van der Waals surface area contributed by atoms with Crippen LogP contribution in [0.4, 0.5) is 0 Å². The van der Waals surface area contributed by atoms with Crippen LogP contribution in [0.15, 0.2) is 36.7 Å². The maximum absolute atomic E-state index is 12.1. The second kappa shape index (κ2) is 6.43. The summed E-state index contributed by atoms with van der Waals surface area (Å²) in [6.07, 6.45) is 0.937. The molecular weight excluding hydrogens is 258 g/mol. The molecule has 1 aromatic carbocycles. The molecule has 0 N–H and O–H groups in total. The molecule has 1 heterocycles. The van der Waals surface area contributed by atoms with E-state index in [2.05, 4.69) is 15.5 Å². The molecule has 0 amide bonds. The number of hydrogen-bond acceptors (Lipinski definition) is 6. The molecular formula is C13H13N5O2. The highest BCUT2D eigenvalue weighted by atomic mass is 16.5. The van der Waals surface area contributed by atoms with Gasteiger partial charge in [0.15, 0.2) is 12.1 Å². The number of benzene rings is 1. The molecule has 1 aromatic heterocycles. The summed E-state index contributed by atoms with van der Waals surface area (Å²) in [6.45, 7) is 1.51. The second-order valence-corrected chi connectivity index (χ2v) is 4.20. The number of rotatable bonds is 5. The van der Waals surface area contributed by atoms with Crippen molar-refractivity contribution in [1.29, 1.82) is 5.26 Å². The maximum Gasteiger partial charge on any atom is 0.332 e. The lowest BCUT2D eigenvalue weighted by molar-refractivity contribution is -0.150. The van der Waals surface area contributed by atoms with E-state index in [1.54, 1.807) is 0 Å². The van der Waals surface area contributed by atoms with E-state index in [9.17, 15) is 4.79 Å². The fraction of sp³-hybridized carbons (Fsp3) is 0.308. The highest BCUT2D eigenvalue weighted by Gasteiger charge is 2.25. The van der Waals surface area contributed by atoms with Crippen LogP contribution in [-0.4, -0.2) is 32.3 Å². The van der Waals surface area contributed by atoms with E-state index in [-0.39, 0.29) is 0 Å².